The minimum Gasteiger partial charge on any atom is -0.389 e. The first-order valence-electron chi connectivity index (χ1n) is 5.67. The molecule has 0 aliphatic heterocycles. The number of anilines is 1. The number of rotatable bonds is 8. The van der Waals surface area contributed by atoms with Gasteiger partial charge in [-0.2, -0.15) is 0 Å². The fraction of sp³-hybridized carbons (Fsp3) is 0.500. The maximum absolute atomic E-state index is 13.2. The highest BCUT2D eigenvalue weighted by molar-refractivity contribution is 6.35. The molecule has 7 heteroatoms. The predicted octanol–water partition coefficient (Wildman–Crippen LogP) is 2.57. The largest absolute Gasteiger partial charge is 0.389 e. The summed E-state index contributed by atoms with van der Waals surface area (Å²) in [6, 6.07) is 2.81. The van der Waals surface area contributed by atoms with Gasteiger partial charge in [0.2, 0.25) is 0 Å². The Hall–Kier alpha value is -0.590. The Morgan fingerprint density at radius 2 is 1.95 bits per heavy atom. The molecule has 1 unspecified atom stereocenters. The highest BCUT2D eigenvalue weighted by atomic mass is 35.5. The Morgan fingerprint density at radius 1 is 1.32 bits per heavy atom. The molecule has 0 fully saturated rings. The van der Waals surface area contributed by atoms with E-state index in [4.69, 9.17) is 32.7 Å². The molecule has 0 spiro atoms. The molecule has 1 atom stereocenters. The van der Waals surface area contributed by atoms with Gasteiger partial charge in [0.1, 0.15) is 0 Å². The van der Waals surface area contributed by atoms with Crippen molar-refractivity contribution in [2.75, 3.05) is 38.8 Å². The van der Waals surface area contributed by atoms with Crippen LogP contribution in [-0.2, 0) is 9.47 Å². The monoisotopic (exact) mass is 311 g/mol. The second kappa shape index (κ2) is 8.55. The molecule has 0 bridgehead atoms. The van der Waals surface area contributed by atoms with Gasteiger partial charge in [-0.05, 0) is 12.1 Å². The zero-order valence-electron chi connectivity index (χ0n) is 10.5. The maximum Gasteiger partial charge on any atom is 0.160 e. The van der Waals surface area contributed by atoms with E-state index in [9.17, 15) is 9.50 Å². The molecule has 0 aliphatic rings. The fourth-order valence-corrected chi connectivity index (χ4v) is 1.80. The van der Waals surface area contributed by atoms with E-state index in [-0.39, 0.29) is 23.2 Å². The number of halogens is 3. The van der Waals surface area contributed by atoms with Gasteiger partial charge in [0.25, 0.3) is 0 Å². The van der Waals surface area contributed by atoms with E-state index in [0.717, 1.165) is 0 Å². The summed E-state index contributed by atoms with van der Waals surface area (Å²) in [5.41, 5.74) is 0.535. The summed E-state index contributed by atoms with van der Waals surface area (Å²) in [5.74, 6) is -0.655. The van der Waals surface area contributed by atoms with E-state index in [1.807, 2.05) is 0 Å². The van der Waals surface area contributed by atoms with Gasteiger partial charge >= 0.3 is 0 Å². The van der Waals surface area contributed by atoms with Crippen LogP contribution < -0.4 is 5.32 Å². The summed E-state index contributed by atoms with van der Waals surface area (Å²) in [6.45, 7) is 1.31. The molecule has 4 nitrogen and oxygen atoms in total. The van der Waals surface area contributed by atoms with E-state index in [1.54, 1.807) is 7.11 Å². The Labute approximate surface area is 121 Å². The van der Waals surface area contributed by atoms with Crippen LogP contribution in [-0.4, -0.2) is 44.7 Å². The molecule has 0 saturated carbocycles. The number of aliphatic hydroxyl groups excluding tert-OH is 1. The lowest BCUT2D eigenvalue weighted by molar-refractivity contribution is 0.0182. The summed E-state index contributed by atoms with van der Waals surface area (Å²) >= 11 is 11.3. The molecule has 0 saturated heterocycles. The standard InChI is InChI=1S/C12H16Cl2FNO3/c1-18-2-3-19-7-9(17)6-16-8-4-10(13)12(15)11(14)5-8/h4-5,9,16-17H,2-3,6-7H2,1H3. The molecule has 0 aromatic heterocycles. The van der Waals surface area contributed by atoms with Crippen LogP contribution in [0, 0.1) is 5.82 Å². The van der Waals surface area contributed by atoms with Gasteiger partial charge in [0, 0.05) is 19.3 Å². The van der Waals surface area contributed by atoms with Gasteiger partial charge in [0.05, 0.1) is 36.0 Å². The van der Waals surface area contributed by atoms with Crippen LogP contribution in [0.25, 0.3) is 0 Å². The van der Waals surface area contributed by atoms with Crippen molar-refractivity contribution >= 4 is 28.9 Å². The van der Waals surface area contributed by atoms with Crippen LogP contribution in [0.2, 0.25) is 10.0 Å². The predicted molar refractivity (Wildman–Crippen MR) is 73.6 cm³/mol. The molecule has 1 rings (SSSR count). The molecular formula is C12H16Cl2FNO3. The van der Waals surface area contributed by atoms with Gasteiger partial charge in [-0.1, -0.05) is 23.2 Å². The number of benzene rings is 1. The molecule has 108 valence electrons. The van der Waals surface area contributed by atoms with E-state index < -0.39 is 11.9 Å². The topological polar surface area (TPSA) is 50.7 Å². The summed E-state index contributed by atoms with van der Waals surface area (Å²) in [6.07, 6.45) is -0.695. The lowest BCUT2D eigenvalue weighted by Gasteiger charge is -2.13. The van der Waals surface area contributed by atoms with Crippen LogP contribution in [0.5, 0.6) is 0 Å². The van der Waals surface area contributed by atoms with Crippen molar-refractivity contribution in [1.82, 2.24) is 0 Å². The van der Waals surface area contributed by atoms with Crippen molar-refractivity contribution in [2.24, 2.45) is 0 Å². The minimum absolute atomic E-state index is 0.0687. The second-order valence-electron chi connectivity index (χ2n) is 3.86. The second-order valence-corrected chi connectivity index (χ2v) is 4.67. The van der Waals surface area contributed by atoms with Gasteiger partial charge in [-0.3, -0.25) is 0 Å². The summed E-state index contributed by atoms with van der Waals surface area (Å²) in [5, 5.41) is 12.4. The third kappa shape index (κ3) is 5.93. The van der Waals surface area contributed by atoms with Crippen molar-refractivity contribution in [2.45, 2.75) is 6.10 Å². The zero-order valence-corrected chi connectivity index (χ0v) is 12.0. The van der Waals surface area contributed by atoms with Gasteiger partial charge in [-0.25, -0.2) is 4.39 Å². The van der Waals surface area contributed by atoms with Gasteiger partial charge in [0.15, 0.2) is 5.82 Å². The molecule has 19 heavy (non-hydrogen) atoms. The lowest BCUT2D eigenvalue weighted by Crippen LogP contribution is -2.25. The van der Waals surface area contributed by atoms with Crippen LogP contribution in [0.1, 0.15) is 0 Å². The number of ether oxygens (including phenoxy) is 2. The number of aliphatic hydroxyl groups is 1. The van der Waals surface area contributed by atoms with E-state index in [0.29, 0.717) is 18.9 Å². The quantitative estimate of drug-likeness (QED) is 0.572. The average molecular weight is 312 g/mol. The molecule has 0 aliphatic carbocycles. The summed E-state index contributed by atoms with van der Waals surface area (Å²) in [4.78, 5) is 0. The average Bonchev–Trinajstić information content (AvgIpc) is 2.38. The highest BCUT2D eigenvalue weighted by Crippen LogP contribution is 2.27. The summed E-state index contributed by atoms with van der Waals surface area (Å²) in [7, 11) is 1.57. The van der Waals surface area contributed by atoms with E-state index >= 15 is 0 Å². The van der Waals surface area contributed by atoms with Crippen molar-refractivity contribution in [3.05, 3.63) is 28.0 Å². The minimum atomic E-state index is -0.695. The fourth-order valence-electron chi connectivity index (χ4n) is 1.31. The molecule has 0 amide bonds. The van der Waals surface area contributed by atoms with E-state index in [1.165, 1.54) is 12.1 Å². The SMILES string of the molecule is COCCOCC(O)CNc1cc(Cl)c(F)c(Cl)c1. The lowest BCUT2D eigenvalue weighted by atomic mass is 10.3. The highest BCUT2D eigenvalue weighted by Gasteiger charge is 2.09. The Bertz CT molecular complexity index is 384. The van der Waals surface area contributed by atoms with Crippen molar-refractivity contribution in [3.8, 4) is 0 Å². The first-order chi connectivity index (χ1) is 9.04. The summed E-state index contributed by atoms with van der Waals surface area (Å²) < 4.78 is 23.1. The number of nitrogens with one attached hydrogen (secondary N) is 1. The molecular weight excluding hydrogens is 296 g/mol. The van der Waals surface area contributed by atoms with Crippen molar-refractivity contribution < 1.29 is 19.0 Å². The van der Waals surface area contributed by atoms with Crippen LogP contribution in [0.4, 0.5) is 10.1 Å². The molecule has 1 aromatic carbocycles. The zero-order chi connectivity index (χ0) is 14.3. The Balaban J connectivity index is 2.36. The van der Waals surface area contributed by atoms with Crippen LogP contribution in [0.15, 0.2) is 12.1 Å². The molecule has 1 aromatic rings. The normalized spacial score (nSPS) is 12.5. The van der Waals surface area contributed by atoms with Crippen molar-refractivity contribution in [1.29, 1.82) is 0 Å². The van der Waals surface area contributed by atoms with Gasteiger partial charge in [-0.15, -0.1) is 0 Å². The Kier molecular flexibility index (Phi) is 7.41. The van der Waals surface area contributed by atoms with Crippen molar-refractivity contribution in [3.63, 3.8) is 0 Å². The number of hydrogen-bond donors (Lipinski definition) is 2. The Morgan fingerprint density at radius 3 is 2.53 bits per heavy atom. The van der Waals surface area contributed by atoms with Crippen LogP contribution >= 0.6 is 23.2 Å². The van der Waals surface area contributed by atoms with Crippen LogP contribution in [0.3, 0.4) is 0 Å². The first kappa shape index (κ1) is 16.5. The first-order valence-corrected chi connectivity index (χ1v) is 6.43. The van der Waals surface area contributed by atoms with E-state index in [2.05, 4.69) is 5.32 Å². The number of hydrogen-bond acceptors (Lipinski definition) is 4. The number of methoxy groups -OCH3 is 1. The third-order valence-corrected chi connectivity index (χ3v) is 2.82. The smallest absolute Gasteiger partial charge is 0.160 e. The molecule has 0 heterocycles. The van der Waals surface area contributed by atoms with Gasteiger partial charge < -0.3 is 19.9 Å². The maximum atomic E-state index is 13.2. The molecule has 2 N–H and O–H groups in total. The molecule has 0 radical (unpaired) electrons. The third-order valence-electron chi connectivity index (χ3n) is 2.27.